The molecule has 1 saturated carbocycles. The maximum atomic E-state index is 13.5. The van der Waals surface area contributed by atoms with Crippen molar-refractivity contribution in [2.75, 3.05) is 6.54 Å². The predicted molar refractivity (Wildman–Crippen MR) is 133 cm³/mol. The second kappa shape index (κ2) is 10.2. The van der Waals surface area contributed by atoms with E-state index in [1.54, 1.807) is 0 Å². The topological polar surface area (TPSA) is 118 Å². The van der Waals surface area contributed by atoms with Crippen LogP contribution in [-0.4, -0.2) is 54.6 Å². The molecule has 0 N–H and O–H groups in total. The first kappa shape index (κ1) is 25.5. The van der Waals surface area contributed by atoms with Gasteiger partial charge in [0.1, 0.15) is 6.54 Å². The van der Waals surface area contributed by atoms with Crippen molar-refractivity contribution in [1.82, 2.24) is 10.0 Å². The molecule has 0 bridgehead atoms. The van der Waals surface area contributed by atoms with Crippen LogP contribution in [0.4, 0.5) is 5.69 Å². The number of rotatable bonds is 6. The first-order valence-electron chi connectivity index (χ1n) is 10.6. The molecular weight excluding hydrogens is 610 g/mol. The molecule has 1 heterocycles. The van der Waals surface area contributed by atoms with Gasteiger partial charge in [0.25, 0.3) is 23.4 Å². The number of Topliss-reactive ketones (excluding diaryl/α,β-unsaturated/α-hetero) is 1. The second-order valence-electron chi connectivity index (χ2n) is 8.30. The highest BCUT2D eigenvalue weighted by Crippen LogP contribution is 2.43. The number of hydrazine groups is 1. The molecule has 0 spiro atoms. The highest BCUT2D eigenvalue weighted by Gasteiger charge is 2.54. The molecular formula is C23H18Br2ClN3O6. The molecule has 0 unspecified atom stereocenters. The third-order valence-electron chi connectivity index (χ3n) is 6.13. The molecule has 1 aliphatic carbocycles. The highest BCUT2D eigenvalue weighted by molar-refractivity contribution is 9.12. The molecule has 1 aliphatic heterocycles. The van der Waals surface area contributed by atoms with Gasteiger partial charge in [-0.25, -0.2) is 5.01 Å². The molecule has 0 radical (unpaired) electrons. The molecule has 1 saturated heterocycles. The maximum Gasteiger partial charge on any atom is 0.273 e. The van der Waals surface area contributed by atoms with E-state index in [4.69, 9.17) is 11.6 Å². The van der Waals surface area contributed by atoms with Crippen molar-refractivity contribution in [2.24, 2.45) is 11.8 Å². The van der Waals surface area contributed by atoms with Crippen molar-refractivity contribution in [2.45, 2.75) is 22.5 Å². The number of alkyl halides is 2. The van der Waals surface area contributed by atoms with Gasteiger partial charge >= 0.3 is 0 Å². The van der Waals surface area contributed by atoms with Crippen molar-refractivity contribution in [3.63, 3.8) is 0 Å². The molecule has 2 aromatic rings. The van der Waals surface area contributed by atoms with Crippen LogP contribution in [-0.2, 0) is 9.59 Å². The lowest BCUT2D eigenvalue weighted by molar-refractivity contribution is -0.384. The Morgan fingerprint density at radius 2 is 1.57 bits per heavy atom. The van der Waals surface area contributed by atoms with Crippen LogP contribution in [0.15, 0.2) is 48.5 Å². The Balaban J connectivity index is 1.72. The summed E-state index contributed by atoms with van der Waals surface area (Å²) in [6.45, 7) is -0.616. The molecule has 0 aromatic heterocycles. The second-order valence-corrected chi connectivity index (χ2v) is 11.1. The summed E-state index contributed by atoms with van der Waals surface area (Å²) in [6.07, 6.45) is 0.761. The van der Waals surface area contributed by atoms with E-state index in [0.29, 0.717) is 17.9 Å². The summed E-state index contributed by atoms with van der Waals surface area (Å²) in [7, 11) is 0. The van der Waals surface area contributed by atoms with Gasteiger partial charge in [0, 0.05) is 37.9 Å². The number of carbonyl (C=O) groups is 4. The van der Waals surface area contributed by atoms with Gasteiger partial charge in [0.15, 0.2) is 5.78 Å². The number of nitrogens with zero attached hydrogens (tertiary/aromatic N) is 3. The first-order valence-corrected chi connectivity index (χ1v) is 12.8. The minimum absolute atomic E-state index is 0.0444. The van der Waals surface area contributed by atoms with Gasteiger partial charge in [0.2, 0.25) is 0 Å². The predicted octanol–water partition coefficient (Wildman–Crippen LogP) is 4.41. The normalized spacial score (nSPS) is 23.7. The zero-order valence-electron chi connectivity index (χ0n) is 18.0. The Hall–Kier alpha value is -2.63. The van der Waals surface area contributed by atoms with Gasteiger partial charge in [-0.15, -0.1) is 0 Å². The molecule has 4 rings (SSSR count). The van der Waals surface area contributed by atoms with E-state index in [0.717, 1.165) is 16.1 Å². The van der Waals surface area contributed by atoms with Gasteiger partial charge in [-0.2, -0.15) is 5.01 Å². The number of non-ortho nitro benzene ring substituents is 1. The highest BCUT2D eigenvalue weighted by atomic mass is 79.9. The largest absolute Gasteiger partial charge is 0.292 e. The van der Waals surface area contributed by atoms with Crippen LogP contribution >= 0.6 is 43.5 Å². The molecule has 9 nitrogen and oxygen atoms in total. The number of imide groups is 1. The summed E-state index contributed by atoms with van der Waals surface area (Å²) in [6, 6.07) is 10.9. The van der Waals surface area contributed by atoms with E-state index in [-0.39, 0.29) is 26.5 Å². The molecule has 2 fully saturated rings. The van der Waals surface area contributed by atoms with E-state index in [9.17, 15) is 29.3 Å². The van der Waals surface area contributed by atoms with Crippen molar-refractivity contribution in [3.8, 4) is 0 Å². The SMILES string of the molecule is O=C(CN(C(=O)c1cccc([N+](=O)[O-])c1)N1C(=O)[C@H]2C[C@H](Br)[C@@H](Br)C[C@H]2C1=O)c1ccc(Cl)cc1. The summed E-state index contributed by atoms with van der Waals surface area (Å²) in [5.74, 6) is -3.86. The van der Waals surface area contributed by atoms with Gasteiger partial charge in [-0.05, 0) is 43.2 Å². The molecule has 35 heavy (non-hydrogen) atoms. The first-order chi connectivity index (χ1) is 16.6. The van der Waals surface area contributed by atoms with E-state index >= 15 is 0 Å². The Morgan fingerprint density at radius 1 is 1.00 bits per heavy atom. The number of halogens is 3. The average Bonchev–Trinajstić information content (AvgIpc) is 3.06. The minimum atomic E-state index is -0.873. The number of nitro benzene ring substituents is 1. The standard InChI is InChI=1S/C23H18Br2ClN3O6/c24-18-9-16-17(10-19(18)25)23(33)28(22(16)32)27(11-20(30)12-4-6-14(26)7-5-12)21(31)13-2-1-3-15(8-13)29(34)35/h1-8,16-19H,9-11H2/t16-,17+,18-,19-/m0/s1. The number of hydrogen-bond acceptors (Lipinski definition) is 6. The van der Waals surface area contributed by atoms with E-state index in [1.165, 1.54) is 42.5 Å². The van der Waals surface area contributed by atoms with Crippen LogP contribution in [0.1, 0.15) is 33.6 Å². The summed E-state index contributed by atoms with van der Waals surface area (Å²) in [5.41, 5.74) is -0.240. The summed E-state index contributed by atoms with van der Waals surface area (Å²) in [5, 5.41) is 13.2. The van der Waals surface area contributed by atoms with Crippen LogP contribution in [0, 0.1) is 22.0 Å². The summed E-state index contributed by atoms with van der Waals surface area (Å²) >= 11 is 12.9. The van der Waals surface area contributed by atoms with E-state index in [1.807, 2.05) is 0 Å². The van der Waals surface area contributed by atoms with Gasteiger partial charge in [-0.3, -0.25) is 29.3 Å². The molecule has 182 valence electrons. The van der Waals surface area contributed by atoms with Gasteiger partial charge < -0.3 is 0 Å². The van der Waals surface area contributed by atoms with Crippen molar-refractivity contribution < 1.29 is 24.1 Å². The summed E-state index contributed by atoms with van der Waals surface area (Å²) in [4.78, 5) is 63.8. The van der Waals surface area contributed by atoms with Crippen molar-refractivity contribution in [3.05, 3.63) is 74.8 Å². The zero-order valence-corrected chi connectivity index (χ0v) is 21.9. The van der Waals surface area contributed by atoms with Crippen LogP contribution in [0.25, 0.3) is 0 Å². The Bertz CT molecular complexity index is 1200. The molecule has 2 aromatic carbocycles. The lowest BCUT2D eigenvalue weighted by Gasteiger charge is -2.30. The lowest BCUT2D eigenvalue weighted by atomic mass is 9.81. The third kappa shape index (κ3) is 5.03. The van der Waals surface area contributed by atoms with Gasteiger partial charge in [-0.1, -0.05) is 49.5 Å². The van der Waals surface area contributed by atoms with Crippen LogP contribution in [0.3, 0.4) is 0 Å². The van der Waals surface area contributed by atoms with Crippen molar-refractivity contribution >= 4 is 72.7 Å². The maximum absolute atomic E-state index is 13.5. The van der Waals surface area contributed by atoms with E-state index < -0.39 is 46.8 Å². The minimum Gasteiger partial charge on any atom is -0.292 e. The smallest absolute Gasteiger partial charge is 0.273 e. The number of hydrogen-bond donors (Lipinski definition) is 0. The van der Waals surface area contributed by atoms with Crippen LogP contribution in [0.2, 0.25) is 5.02 Å². The Labute approximate surface area is 221 Å². The number of ketones is 1. The number of carbonyl (C=O) groups excluding carboxylic acids is 4. The monoisotopic (exact) mass is 625 g/mol. The third-order valence-corrected chi connectivity index (χ3v) is 9.11. The molecule has 2 aliphatic rings. The Morgan fingerprint density at radius 3 is 2.11 bits per heavy atom. The van der Waals surface area contributed by atoms with Crippen molar-refractivity contribution in [1.29, 1.82) is 0 Å². The quantitative estimate of drug-likeness (QED) is 0.154. The van der Waals surface area contributed by atoms with Crippen LogP contribution in [0.5, 0.6) is 0 Å². The van der Waals surface area contributed by atoms with Gasteiger partial charge in [0.05, 0.1) is 16.8 Å². The average molecular weight is 628 g/mol. The van der Waals surface area contributed by atoms with Crippen LogP contribution < -0.4 is 0 Å². The number of nitro groups is 1. The fraction of sp³-hybridized carbons (Fsp3) is 0.304. The molecule has 3 amide bonds. The fourth-order valence-electron chi connectivity index (χ4n) is 4.31. The fourth-order valence-corrected chi connectivity index (χ4v) is 5.68. The number of benzene rings is 2. The lowest BCUT2D eigenvalue weighted by Crippen LogP contribution is -2.52. The number of fused-ring (bicyclic) bond motifs is 1. The summed E-state index contributed by atoms with van der Waals surface area (Å²) < 4.78 is 0. The zero-order chi connectivity index (χ0) is 25.4. The molecule has 4 atom stereocenters. The molecule has 12 heteroatoms. The Kier molecular flexibility index (Phi) is 7.39. The number of amides is 3. The van der Waals surface area contributed by atoms with E-state index in [2.05, 4.69) is 31.9 Å².